The van der Waals surface area contributed by atoms with Gasteiger partial charge in [0.1, 0.15) is 0 Å². The van der Waals surface area contributed by atoms with Crippen molar-refractivity contribution in [3.05, 3.63) is 137 Å². The predicted octanol–water partition coefficient (Wildman–Crippen LogP) is 6.32. The van der Waals surface area contributed by atoms with E-state index in [1.165, 1.54) is 25.0 Å². The van der Waals surface area contributed by atoms with E-state index >= 15 is 0 Å². The van der Waals surface area contributed by atoms with Crippen LogP contribution in [0.2, 0.25) is 0 Å². The average molecular weight is 609 g/mol. The van der Waals surface area contributed by atoms with Crippen molar-refractivity contribution in [1.29, 1.82) is 0 Å². The average Bonchev–Trinajstić information content (AvgIpc) is 3.05. The maximum absolute atomic E-state index is 12.6. The normalized spacial score (nSPS) is 18.7. The molecule has 0 unspecified atom stereocenters. The third-order valence-corrected chi connectivity index (χ3v) is 7.71. The molecule has 4 aromatic carbocycles. The number of carbonyl (C=O) groups excluding carboxylic acids is 2. The molecule has 0 radical (unpaired) electrons. The van der Waals surface area contributed by atoms with Crippen LogP contribution >= 0.6 is 0 Å². The molecule has 2 N–H and O–H groups in total. The number of benzene rings is 4. The van der Waals surface area contributed by atoms with Gasteiger partial charge in [-0.1, -0.05) is 97.1 Å². The zero-order chi connectivity index (χ0) is 31.6. The van der Waals surface area contributed by atoms with E-state index in [9.17, 15) is 14.7 Å². The molecule has 0 aromatic heterocycles. The van der Waals surface area contributed by atoms with Gasteiger partial charge < -0.3 is 24.6 Å². The van der Waals surface area contributed by atoms with Gasteiger partial charge in [0.15, 0.2) is 12.4 Å². The summed E-state index contributed by atoms with van der Waals surface area (Å²) in [5.41, 5.74) is 5.58. The number of anilines is 1. The standard InChI is InChI=1S/C37H40N2O6/c1-26(43-27(2)41)36(42)38-33-15-9-14-32(20-33)37-44-34(21-35(45-37)31-18-16-30(25-40)17-19-31)24-39(22-28-10-5-3-6-11-28)23-29-12-7-4-8-13-29/h3-20,26,34-35,37,40H,21-25H2,1-2H3,(H,38,42)/t26-,34-,35+,37+/m0/s1. The molecule has 8 nitrogen and oxygen atoms in total. The first kappa shape index (κ1) is 32.1. The van der Waals surface area contributed by atoms with Crippen LogP contribution in [0.3, 0.4) is 0 Å². The summed E-state index contributed by atoms with van der Waals surface area (Å²) >= 11 is 0. The zero-order valence-corrected chi connectivity index (χ0v) is 25.7. The number of nitrogens with zero attached hydrogens (tertiary/aromatic N) is 1. The van der Waals surface area contributed by atoms with Crippen LogP contribution < -0.4 is 5.32 Å². The second-order valence-electron chi connectivity index (χ2n) is 11.4. The van der Waals surface area contributed by atoms with Gasteiger partial charge in [-0.15, -0.1) is 0 Å². The molecule has 234 valence electrons. The first-order valence-electron chi connectivity index (χ1n) is 15.2. The van der Waals surface area contributed by atoms with Crippen molar-refractivity contribution in [2.24, 2.45) is 0 Å². The molecular formula is C37H40N2O6. The molecule has 8 heteroatoms. The summed E-state index contributed by atoms with van der Waals surface area (Å²) in [7, 11) is 0. The number of ether oxygens (including phenoxy) is 3. The minimum absolute atomic E-state index is 0.0251. The van der Waals surface area contributed by atoms with Crippen molar-refractivity contribution in [3.8, 4) is 0 Å². The van der Waals surface area contributed by atoms with Crippen LogP contribution in [0.5, 0.6) is 0 Å². The fourth-order valence-electron chi connectivity index (χ4n) is 5.50. The van der Waals surface area contributed by atoms with Gasteiger partial charge in [-0.3, -0.25) is 14.5 Å². The van der Waals surface area contributed by atoms with Gasteiger partial charge in [-0.2, -0.15) is 0 Å². The van der Waals surface area contributed by atoms with E-state index in [4.69, 9.17) is 14.2 Å². The number of carbonyl (C=O) groups is 2. The topological polar surface area (TPSA) is 97.3 Å². The van der Waals surface area contributed by atoms with Crippen molar-refractivity contribution in [2.75, 3.05) is 11.9 Å². The fourth-order valence-corrected chi connectivity index (χ4v) is 5.50. The predicted molar refractivity (Wildman–Crippen MR) is 172 cm³/mol. The van der Waals surface area contributed by atoms with Crippen molar-refractivity contribution in [3.63, 3.8) is 0 Å². The largest absolute Gasteiger partial charge is 0.453 e. The van der Waals surface area contributed by atoms with E-state index in [1.54, 1.807) is 6.07 Å². The summed E-state index contributed by atoms with van der Waals surface area (Å²) in [5.74, 6) is -0.946. The lowest BCUT2D eigenvalue weighted by Crippen LogP contribution is -2.39. The summed E-state index contributed by atoms with van der Waals surface area (Å²) in [6.07, 6.45) is -1.39. The van der Waals surface area contributed by atoms with Crippen LogP contribution in [-0.4, -0.2) is 40.6 Å². The number of amides is 1. The van der Waals surface area contributed by atoms with E-state index in [1.807, 2.05) is 54.6 Å². The Morgan fingerprint density at radius 3 is 2.09 bits per heavy atom. The van der Waals surface area contributed by atoms with Crippen molar-refractivity contribution < 1.29 is 28.9 Å². The SMILES string of the molecule is CC(=O)O[C@@H](C)C(=O)Nc1cccc([C@@H]2O[C@H](CN(Cc3ccccc3)Cc3ccccc3)C[C@H](c3ccc(CO)cc3)O2)c1. The Balaban J connectivity index is 1.39. The molecule has 1 aliphatic heterocycles. The molecule has 1 heterocycles. The monoisotopic (exact) mass is 608 g/mol. The maximum atomic E-state index is 12.6. The van der Waals surface area contributed by atoms with Crippen LogP contribution in [0, 0.1) is 0 Å². The van der Waals surface area contributed by atoms with E-state index < -0.39 is 24.3 Å². The van der Waals surface area contributed by atoms with Gasteiger partial charge >= 0.3 is 5.97 Å². The summed E-state index contributed by atoms with van der Waals surface area (Å²) in [6, 6.07) is 36.0. The van der Waals surface area contributed by atoms with Crippen LogP contribution in [-0.2, 0) is 43.5 Å². The molecule has 45 heavy (non-hydrogen) atoms. The van der Waals surface area contributed by atoms with E-state index in [2.05, 4.69) is 58.7 Å². The highest BCUT2D eigenvalue weighted by Crippen LogP contribution is 2.39. The van der Waals surface area contributed by atoms with Crippen LogP contribution in [0.1, 0.15) is 60.5 Å². The zero-order valence-electron chi connectivity index (χ0n) is 25.7. The van der Waals surface area contributed by atoms with Gasteiger partial charge in [0.05, 0.1) is 18.8 Å². The fraction of sp³-hybridized carbons (Fsp3) is 0.297. The van der Waals surface area contributed by atoms with Crippen LogP contribution in [0.15, 0.2) is 109 Å². The van der Waals surface area contributed by atoms with Crippen LogP contribution in [0.4, 0.5) is 5.69 Å². The van der Waals surface area contributed by atoms with E-state index in [0.717, 1.165) is 29.8 Å². The highest BCUT2D eigenvalue weighted by molar-refractivity contribution is 5.95. The third kappa shape index (κ3) is 9.33. The Hall–Kier alpha value is -4.34. The first-order valence-corrected chi connectivity index (χ1v) is 15.2. The number of aliphatic hydroxyl groups excluding tert-OH is 1. The van der Waals surface area contributed by atoms with Gasteiger partial charge in [0.2, 0.25) is 0 Å². The van der Waals surface area contributed by atoms with Gasteiger partial charge in [-0.25, -0.2) is 0 Å². The molecule has 0 bridgehead atoms. The lowest BCUT2D eigenvalue weighted by molar-refractivity contribution is -0.253. The van der Waals surface area contributed by atoms with Crippen molar-refractivity contribution in [2.45, 2.75) is 64.6 Å². The van der Waals surface area contributed by atoms with Gasteiger partial charge in [0.25, 0.3) is 5.91 Å². The Bertz CT molecular complexity index is 1490. The quantitative estimate of drug-likeness (QED) is 0.182. The van der Waals surface area contributed by atoms with Crippen LogP contribution in [0.25, 0.3) is 0 Å². The third-order valence-electron chi connectivity index (χ3n) is 7.71. The second-order valence-corrected chi connectivity index (χ2v) is 11.4. The molecule has 5 rings (SSSR count). The summed E-state index contributed by atoms with van der Waals surface area (Å²) < 4.78 is 18.2. The summed E-state index contributed by atoms with van der Waals surface area (Å²) in [6.45, 7) is 4.97. The maximum Gasteiger partial charge on any atom is 0.303 e. The molecule has 0 spiro atoms. The molecule has 0 saturated carbocycles. The van der Waals surface area contributed by atoms with Gasteiger partial charge in [-0.05, 0) is 41.3 Å². The smallest absolute Gasteiger partial charge is 0.303 e. The number of rotatable bonds is 12. The molecule has 1 saturated heterocycles. The van der Waals surface area contributed by atoms with Crippen molar-refractivity contribution in [1.82, 2.24) is 4.90 Å². The molecule has 4 atom stereocenters. The molecule has 1 fully saturated rings. The Labute approximate surface area is 264 Å². The minimum Gasteiger partial charge on any atom is -0.453 e. The van der Waals surface area contributed by atoms with E-state index in [-0.39, 0.29) is 18.8 Å². The highest BCUT2D eigenvalue weighted by atomic mass is 16.7. The molecule has 1 aliphatic rings. The number of esters is 1. The van der Waals surface area contributed by atoms with E-state index in [0.29, 0.717) is 18.7 Å². The Morgan fingerprint density at radius 1 is 0.844 bits per heavy atom. The summed E-state index contributed by atoms with van der Waals surface area (Å²) in [4.78, 5) is 26.3. The molecular weight excluding hydrogens is 568 g/mol. The molecule has 1 amide bonds. The van der Waals surface area contributed by atoms with Gasteiger partial charge in [0, 0.05) is 44.2 Å². The number of aliphatic hydroxyl groups is 1. The number of hydrogen-bond acceptors (Lipinski definition) is 7. The molecule has 0 aliphatic carbocycles. The lowest BCUT2D eigenvalue weighted by atomic mass is 9.99. The lowest BCUT2D eigenvalue weighted by Gasteiger charge is -2.38. The Kier molecular flexibility index (Phi) is 11.1. The Morgan fingerprint density at radius 2 is 1.49 bits per heavy atom. The highest BCUT2D eigenvalue weighted by Gasteiger charge is 2.33. The number of hydrogen-bond donors (Lipinski definition) is 2. The van der Waals surface area contributed by atoms with Crippen molar-refractivity contribution >= 4 is 17.6 Å². The second kappa shape index (κ2) is 15.6. The minimum atomic E-state index is -0.927. The molecule has 4 aromatic rings. The number of nitrogens with one attached hydrogen (secondary N) is 1. The first-order chi connectivity index (χ1) is 21.9. The summed E-state index contributed by atoms with van der Waals surface area (Å²) in [5, 5.41) is 12.4.